The molecular formula is C17H22N2O. The summed E-state index contributed by atoms with van der Waals surface area (Å²) >= 11 is 0. The van der Waals surface area contributed by atoms with Crippen LogP contribution in [-0.4, -0.2) is 5.91 Å². The summed E-state index contributed by atoms with van der Waals surface area (Å²) in [4.78, 5) is 12.6. The Hall–Kier alpha value is -1.82. The number of hydrogen-bond acceptors (Lipinski definition) is 2. The van der Waals surface area contributed by atoms with E-state index in [-0.39, 0.29) is 5.91 Å². The minimum absolute atomic E-state index is 0.132. The van der Waals surface area contributed by atoms with Crippen LogP contribution in [0.2, 0.25) is 0 Å². The number of amides is 1. The number of nitriles is 1. The lowest BCUT2D eigenvalue weighted by Crippen LogP contribution is -2.34. The van der Waals surface area contributed by atoms with Gasteiger partial charge in [0.25, 0.3) is 0 Å². The van der Waals surface area contributed by atoms with Crippen LogP contribution in [0.25, 0.3) is 0 Å². The van der Waals surface area contributed by atoms with E-state index in [9.17, 15) is 10.1 Å². The van der Waals surface area contributed by atoms with Crippen molar-refractivity contribution in [3.05, 3.63) is 29.3 Å². The maximum atomic E-state index is 12.6. The van der Waals surface area contributed by atoms with Crippen molar-refractivity contribution in [3.8, 4) is 6.07 Å². The van der Waals surface area contributed by atoms with Crippen molar-refractivity contribution in [1.82, 2.24) is 0 Å². The lowest BCUT2D eigenvalue weighted by molar-refractivity contribution is -0.123. The van der Waals surface area contributed by atoms with Gasteiger partial charge in [0.15, 0.2) is 0 Å². The third-order valence-electron chi connectivity index (χ3n) is 4.09. The Morgan fingerprint density at radius 2 is 1.65 bits per heavy atom. The normalized spacial score (nSPS) is 17.9. The first-order valence-corrected chi connectivity index (χ1v) is 7.37. The molecule has 0 saturated heterocycles. The Morgan fingerprint density at radius 3 is 2.15 bits per heavy atom. The Kier molecular flexibility index (Phi) is 4.44. The van der Waals surface area contributed by atoms with Gasteiger partial charge in [-0.3, -0.25) is 4.79 Å². The van der Waals surface area contributed by atoms with Gasteiger partial charge < -0.3 is 5.32 Å². The summed E-state index contributed by atoms with van der Waals surface area (Å²) in [6.45, 7) is 4.02. The van der Waals surface area contributed by atoms with E-state index >= 15 is 0 Å². The number of anilines is 1. The predicted molar refractivity (Wildman–Crippen MR) is 80.3 cm³/mol. The van der Waals surface area contributed by atoms with E-state index in [1.165, 1.54) is 0 Å². The van der Waals surface area contributed by atoms with Crippen LogP contribution in [0.5, 0.6) is 0 Å². The van der Waals surface area contributed by atoms with Crippen LogP contribution in [0, 0.1) is 30.6 Å². The molecule has 0 bridgehead atoms. The summed E-state index contributed by atoms with van der Waals surface area (Å²) in [5, 5.41) is 12.5. The van der Waals surface area contributed by atoms with Crippen molar-refractivity contribution in [3.63, 3.8) is 0 Å². The van der Waals surface area contributed by atoms with E-state index < -0.39 is 5.41 Å². The van der Waals surface area contributed by atoms with Gasteiger partial charge in [-0.15, -0.1) is 0 Å². The first-order chi connectivity index (χ1) is 9.55. The highest BCUT2D eigenvalue weighted by molar-refractivity contribution is 5.97. The van der Waals surface area contributed by atoms with Crippen LogP contribution in [0.3, 0.4) is 0 Å². The third-order valence-corrected chi connectivity index (χ3v) is 4.09. The quantitative estimate of drug-likeness (QED) is 0.822. The van der Waals surface area contributed by atoms with E-state index in [0.29, 0.717) is 12.8 Å². The number of carbonyl (C=O) groups is 1. The number of nitrogens with zero attached hydrogens (tertiary/aromatic N) is 1. The molecule has 1 fully saturated rings. The van der Waals surface area contributed by atoms with Crippen LogP contribution in [0.15, 0.2) is 18.2 Å². The number of nitrogens with one attached hydrogen (secondary N) is 1. The largest absolute Gasteiger partial charge is 0.325 e. The Labute approximate surface area is 121 Å². The Morgan fingerprint density at radius 1 is 1.10 bits per heavy atom. The molecule has 1 aliphatic carbocycles. The molecule has 3 nitrogen and oxygen atoms in total. The monoisotopic (exact) mass is 270 g/mol. The molecular weight excluding hydrogens is 248 g/mol. The zero-order valence-electron chi connectivity index (χ0n) is 12.3. The second-order valence-electron chi connectivity index (χ2n) is 5.94. The standard InChI is InChI=1S/C17H22N2O/c1-13-9-14(2)11-15(10-13)19-16(20)17(12-18)7-5-3-4-6-8-17/h9-11H,3-8H2,1-2H3,(H,19,20). The van der Waals surface area contributed by atoms with Crippen LogP contribution in [0.4, 0.5) is 5.69 Å². The van der Waals surface area contributed by atoms with Gasteiger partial charge in [0.1, 0.15) is 5.41 Å². The zero-order valence-corrected chi connectivity index (χ0v) is 12.3. The minimum atomic E-state index is -0.839. The molecule has 106 valence electrons. The van der Waals surface area contributed by atoms with Crippen LogP contribution in [-0.2, 0) is 4.79 Å². The van der Waals surface area contributed by atoms with Gasteiger partial charge in [0.05, 0.1) is 6.07 Å². The Bertz CT molecular complexity index is 514. The lowest BCUT2D eigenvalue weighted by Gasteiger charge is -2.23. The number of benzene rings is 1. The molecule has 0 atom stereocenters. The highest BCUT2D eigenvalue weighted by Crippen LogP contribution is 2.35. The SMILES string of the molecule is Cc1cc(C)cc(NC(=O)C2(C#N)CCCCCC2)c1. The van der Waals surface area contributed by atoms with Crippen molar-refractivity contribution in [2.24, 2.45) is 5.41 Å². The topological polar surface area (TPSA) is 52.9 Å². The van der Waals surface area contributed by atoms with Gasteiger partial charge in [-0.05, 0) is 49.9 Å². The van der Waals surface area contributed by atoms with Crippen LogP contribution in [0.1, 0.15) is 49.7 Å². The minimum Gasteiger partial charge on any atom is -0.325 e. The molecule has 0 aromatic heterocycles. The highest BCUT2D eigenvalue weighted by atomic mass is 16.2. The van der Waals surface area contributed by atoms with Gasteiger partial charge in [-0.1, -0.05) is 31.7 Å². The molecule has 1 amide bonds. The Balaban J connectivity index is 2.19. The van der Waals surface area contributed by atoms with Gasteiger partial charge in [-0.2, -0.15) is 5.26 Å². The highest BCUT2D eigenvalue weighted by Gasteiger charge is 2.38. The molecule has 3 heteroatoms. The van der Waals surface area contributed by atoms with Gasteiger partial charge in [-0.25, -0.2) is 0 Å². The van der Waals surface area contributed by atoms with Crippen molar-refractivity contribution in [2.45, 2.75) is 52.4 Å². The van der Waals surface area contributed by atoms with Gasteiger partial charge in [0, 0.05) is 5.69 Å². The molecule has 1 aliphatic rings. The number of rotatable bonds is 2. The van der Waals surface area contributed by atoms with E-state index in [0.717, 1.165) is 42.5 Å². The van der Waals surface area contributed by atoms with Gasteiger partial charge in [0.2, 0.25) is 5.91 Å². The first-order valence-electron chi connectivity index (χ1n) is 7.37. The van der Waals surface area contributed by atoms with Crippen molar-refractivity contribution in [2.75, 3.05) is 5.32 Å². The lowest BCUT2D eigenvalue weighted by atomic mass is 9.81. The second-order valence-corrected chi connectivity index (χ2v) is 5.94. The molecule has 0 spiro atoms. The van der Waals surface area contributed by atoms with E-state index in [2.05, 4.69) is 17.5 Å². The fourth-order valence-corrected chi connectivity index (χ4v) is 3.02. The summed E-state index contributed by atoms with van der Waals surface area (Å²) in [6.07, 6.45) is 5.54. The zero-order chi connectivity index (χ0) is 14.6. The molecule has 2 rings (SSSR count). The van der Waals surface area contributed by atoms with Crippen molar-refractivity contribution < 1.29 is 4.79 Å². The van der Waals surface area contributed by atoms with E-state index in [1.54, 1.807) is 0 Å². The summed E-state index contributed by atoms with van der Waals surface area (Å²) in [6, 6.07) is 8.27. The fourth-order valence-electron chi connectivity index (χ4n) is 3.02. The van der Waals surface area contributed by atoms with Crippen LogP contribution >= 0.6 is 0 Å². The summed E-state index contributed by atoms with van der Waals surface area (Å²) in [5.41, 5.74) is 2.19. The molecule has 0 unspecified atom stereocenters. The summed E-state index contributed by atoms with van der Waals surface area (Å²) < 4.78 is 0. The third kappa shape index (κ3) is 3.19. The average Bonchev–Trinajstić information content (AvgIpc) is 2.63. The molecule has 0 aliphatic heterocycles. The molecule has 20 heavy (non-hydrogen) atoms. The van der Waals surface area contributed by atoms with Crippen molar-refractivity contribution >= 4 is 11.6 Å². The fraction of sp³-hybridized carbons (Fsp3) is 0.529. The molecule has 1 aromatic carbocycles. The number of aryl methyl sites for hydroxylation is 2. The molecule has 0 radical (unpaired) electrons. The maximum absolute atomic E-state index is 12.6. The van der Waals surface area contributed by atoms with E-state index in [1.807, 2.05) is 26.0 Å². The van der Waals surface area contributed by atoms with Crippen LogP contribution < -0.4 is 5.32 Å². The second kappa shape index (κ2) is 6.09. The summed E-state index contributed by atoms with van der Waals surface area (Å²) in [5.74, 6) is -0.132. The molecule has 1 N–H and O–H groups in total. The van der Waals surface area contributed by atoms with Crippen molar-refractivity contribution in [1.29, 1.82) is 5.26 Å². The predicted octanol–water partition coefficient (Wildman–Crippen LogP) is 4.11. The molecule has 1 aromatic rings. The maximum Gasteiger partial charge on any atom is 0.244 e. The smallest absolute Gasteiger partial charge is 0.244 e. The molecule has 0 heterocycles. The summed E-state index contributed by atoms with van der Waals surface area (Å²) in [7, 11) is 0. The number of hydrogen-bond donors (Lipinski definition) is 1. The molecule has 1 saturated carbocycles. The first kappa shape index (κ1) is 14.6. The van der Waals surface area contributed by atoms with E-state index in [4.69, 9.17) is 0 Å². The average molecular weight is 270 g/mol. The number of carbonyl (C=O) groups excluding carboxylic acids is 1. The van der Waals surface area contributed by atoms with Gasteiger partial charge >= 0.3 is 0 Å².